The third-order valence-electron chi connectivity index (χ3n) is 3.66. The maximum absolute atomic E-state index is 12.1. The van der Waals surface area contributed by atoms with E-state index in [1.54, 1.807) is 11.8 Å². The van der Waals surface area contributed by atoms with Gasteiger partial charge in [-0.05, 0) is 36.4 Å². The number of carbonyl (C=O) groups excluding carboxylic acids is 2. The summed E-state index contributed by atoms with van der Waals surface area (Å²) in [5.41, 5.74) is 2.58. The summed E-state index contributed by atoms with van der Waals surface area (Å²) >= 11 is 1.64. The quantitative estimate of drug-likeness (QED) is 0.598. The lowest BCUT2D eigenvalue weighted by molar-refractivity contribution is -0.116. The van der Waals surface area contributed by atoms with Crippen molar-refractivity contribution < 1.29 is 9.59 Å². The molecule has 0 bridgehead atoms. The first-order chi connectivity index (χ1) is 11.1. The maximum Gasteiger partial charge on any atom is 0.224 e. The summed E-state index contributed by atoms with van der Waals surface area (Å²) in [6.07, 6.45) is 3.27. The van der Waals surface area contributed by atoms with Crippen LogP contribution in [-0.2, 0) is 11.2 Å². The van der Waals surface area contributed by atoms with Crippen molar-refractivity contribution >= 4 is 29.1 Å². The van der Waals surface area contributed by atoms with Crippen LogP contribution < -0.4 is 5.32 Å². The predicted octanol–water partition coefficient (Wildman–Crippen LogP) is 4.57. The van der Waals surface area contributed by atoms with E-state index in [1.807, 2.05) is 61.7 Å². The number of para-hydroxylation sites is 1. The average molecular weight is 327 g/mol. The van der Waals surface area contributed by atoms with Gasteiger partial charge in [-0.25, -0.2) is 0 Å². The molecule has 1 N–H and O–H groups in total. The van der Waals surface area contributed by atoms with E-state index in [9.17, 15) is 9.59 Å². The molecule has 0 aliphatic rings. The highest BCUT2D eigenvalue weighted by Crippen LogP contribution is 2.17. The molecule has 120 valence electrons. The van der Waals surface area contributed by atoms with Gasteiger partial charge < -0.3 is 5.32 Å². The predicted molar refractivity (Wildman–Crippen MR) is 96.2 cm³/mol. The summed E-state index contributed by atoms with van der Waals surface area (Å²) in [7, 11) is 0. The van der Waals surface area contributed by atoms with E-state index in [0.29, 0.717) is 5.56 Å². The molecule has 0 aromatic heterocycles. The number of aryl methyl sites for hydroxylation is 1. The molecular formula is C19H21NO2S. The zero-order valence-electron chi connectivity index (χ0n) is 13.5. The van der Waals surface area contributed by atoms with Crippen LogP contribution in [-0.4, -0.2) is 17.9 Å². The molecule has 0 saturated heterocycles. The van der Waals surface area contributed by atoms with Gasteiger partial charge in [-0.3, -0.25) is 9.59 Å². The number of anilines is 1. The lowest BCUT2D eigenvalue weighted by Crippen LogP contribution is -2.14. The molecule has 3 nitrogen and oxygen atoms in total. The molecule has 0 radical (unpaired) electrons. The Labute approximate surface area is 141 Å². The molecule has 0 atom stereocenters. The number of Topliss-reactive ketones (excluding diaryl/α,β-unsaturated/α-hetero) is 1. The fourth-order valence-corrected chi connectivity index (χ4v) is 2.72. The van der Waals surface area contributed by atoms with Gasteiger partial charge >= 0.3 is 0 Å². The maximum atomic E-state index is 12.1. The van der Waals surface area contributed by atoms with Gasteiger partial charge in [-0.2, -0.15) is 0 Å². The summed E-state index contributed by atoms with van der Waals surface area (Å²) in [6.45, 7) is 2.05. The summed E-state index contributed by atoms with van der Waals surface area (Å²) in [5, 5.41) is 2.89. The molecule has 1 amide bonds. The van der Waals surface area contributed by atoms with Crippen LogP contribution in [0, 0.1) is 0 Å². The van der Waals surface area contributed by atoms with Gasteiger partial charge in [0, 0.05) is 29.0 Å². The molecule has 2 aromatic carbocycles. The van der Waals surface area contributed by atoms with Crippen LogP contribution in [0.15, 0.2) is 53.4 Å². The number of rotatable bonds is 7. The van der Waals surface area contributed by atoms with Crippen LogP contribution in [0.3, 0.4) is 0 Å². The highest BCUT2D eigenvalue weighted by Gasteiger charge is 2.10. The molecule has 0 unspecified atom stereocenters. The second-order valence-corrected chi connectivity index (χ2v) is 6.09. The minimum Gasteiger partial charge on any atom is -0.326 e. The summed E-state index contributed by atoms with van der Waals surface area (Å²) in [5.74, 6) is -0.128. The van der Waals surface area contributed by atoms with Crippen LogP contribution in [0.4, 0.5) is 5.69 Å². The van der Waals surface area contributed by atoms with Gasteiger partial charge in [0.15, 0.2) is 5.78 Å². The van der Waals surface area contributed by atoms with Crippen molar-refractivity contribution in [1.82, 2.24) is 0 Å². The van der Waals surface area contributed by atoms with Gasteiger partial charge in [-0.1, -0.05) is 37.3 Å². The molecule has 4 heteroatoms. The van der Waals surface area contributed by atoms with Crippen LogP contribution in [0.25, 0.3) is 0 Å². The van der Waals surface area contributed by atoms with E-state index in [0.717, 1.165) is 22.6 Å². The van der Waals surface area contributed by atoms with Crippen LogP contribution in [0.5, 0.6) is 0 Å². The van der Waals surface area contributed by atoms with Crippen molar-refractivity contribution in [2.75, 3.05) is 11.6 Å². The summed E-state index contributed by atoms with van der Waals surface area (Å²) in [6, 6.07) is 15.2. The first-order valence-corrected chi connectivity index (χ1v) is 8.91. The third kappa shape index (κ3) is 4.96. The second-order valence-electron chi connectivity index (χ2n) is 5.21. The summed E-state index contributed by atoms with van der Waals surface area (Å²) in [4.78, 5) is 25.3. The molecule has 23 heavy (non-hydrogen) atoms. The van der Waals surface area contributed by atoms with Gasteiger partial charge in [-0.15, -0.1) is 11.8 Å². The number of carbonyl (C=O) groups is 2. The molecular weight excluding hydrogens is 306 g/mol. The Morgan fingerprint density at radius 3 is 2.35 bits per heavy atom. The Morgan fingerprint density at radius 1 is 1.00 bits per heavy atom. The Kier molecular flexibility index (Phi) is 6.41. The van der Waals surface area contributed by atoms with E-state index >= 15 is 0 Å². The normalized spacial score (nSPS) is 10.3. The molecule has 2 aromatic rings. The lowest BCUT2D eigenvalue weighted by atomic mass is 10.1. The number of hydrogen-bond acceptors (Lipinski definition) is 3. The Balaban J connectivity index is 1.89. The highest BCUT2D eigenvalue weighted by molar-refractivity contribution is 7.98. The SMILES string of the molecule is CCc1ccccc1NC(=O)CCC(=O)c1ccc(SC)cc1. The molecule has 0 saturated carbocycles. The van der Waals surface area contributed by atoms with E-state index in [2.05, 4.69) is 5.32 Å². The van der Waals surface area contributed by atoms with Crippen LogP contribution in [0.2, 0.25) is 0 Å². The lowest BCUT2D eigenvalue weighted by Gasteiger charge is -2.09. The average Bonchev–Trinajstić information content (AvgIpc) is 2.60. The highest BCUT2D eigenvalue weighted by atomic mass is 32.2. The fraction of sp³-hybridized carbons (Fsp3) is 0.263. The molecule has 2 rings (SSSR count). The van der Waals surface area contributed by atoms with E-state index in [4.69, 9.17) is 0 Å². The molecule has 0 aliphatic carbocycles. The first kappa shape index (κ1) is 17.3. The number of hydrogen-bond donors (Lipinski definition) is 1. The number of nitrogens with one attached hydrogen (secondary N) is 1. The zero-order chi connectivity index (χ0) is 16.7. The first-order valence-electron chi connectivity index (χ1n) is 7.69. The van der Waals surface area contributed by atoms with E-state index < -0.39 is 0 Å². The van der Waals surface area contributed by atoms with Crippen molar-refractivity contribution in [3.05, 3.63) is 59.7 Å². The number of thioether (sulfide) groups is 1. The molecule has 0 spiro atoms. The summed E-state index contributed by atoms with van der Waals surface area (Å²) < 4.78 is 0. The van der Waals surface area contributed by atoms with Gasteiger partial charge in [0.2, 0.25) is 5.91 Å². The topological polar surface area (TPSA) is 46.2 Å². The standard InChI is InChI=1S/C19H21NO2S/c1-3-14-6-4-5-7-17(14)20-19(22)13-12-18(21)15-8-10-16(23-2)11-9-15/h4-11H,3,12-13H2,1-2H3,(H,20,22). The second kappa shape index (κ2) is 8.53. The van der Waals surface area contributed by atoms with E-state index in [-0.39, 0.29) is 24.5 Å². The van der Waals surface area contributed by atoms with Crippen molar-refractivity contribution in [3.63, 3.8) is 0 Å². The monoisotopic (exact) mass is 327 g/mol. The molecule has 0 aliphatic heterocycles. The zero-order valence-corrected chi connectivity index (χ0v) is 14.3. The van der Waals surface area contributed by atoms with Crippen molar-refractivity contribution in [1.29, 1.82) is 0 Å². The Morgan fingerprint density at radius 2 is 1.70 bits per heavy atom. The number of ketones is 1. The number of amides is 1. The van der Waals surface area contributed by atoms with Gasteiger partial charge in [0.25, 0.3) is 0 Å². The Bertz CT molecular complexity index is 680. The molecule has 0 fully saturated rings. The minimum atomic E-state index is -0.125. The largest absolute Gasteiger partial charge is 0.326 e. The number of benzene rings is 2. The molecule has 0 heterocycles. The Hall–Kier alpha value is -2.07. The van der Waals surface area contributed by atoms with Crippen LogP contribution >= 0.6 is 11.8 Å². The van der Waals surface area contributed by atoms with E-state index in [1.165, 1.54) is 0 Å². The van der Waals surface area contributed by atoms with Crippen molar-refractivity contribution in [2.24, 2.45) is 0 Å². The van der Waals surface area contributed by atoms with Crippen molar-refractivity contribution in [3.8, 4) is 0 Å². The minimum absolute atomic E-state index is 0.00317. The van der Waals surface area contributed by atoms with Crippen LogP contribution in [0.1, 0.15) is 35.7 Å². The smallest absolute Gasteiger partial charge is 0.224 e. The third-order valence-corrected chi connectivity index (χ3v) is 4.41. The van der Waals surface area contributed by atoms with Gasteiger partial charge in [0.05, 0.1) is 0 Å². The van der Waals surface area contributed by atoms with Crippen molar-refractivity contribution in [2.45, 2.75) is 31.1 Å². The van der Waals surface area contributed by atoms with Gasteiger partial charge in [0.1, 0.15) is 0 Å². The fourth-order valence-electron chi connectivity index (χ4n) is 2.31.